The molecule has 5 nitrogen and oxygen atoms in total. The molecule has 4 rings (SSSR count). The lowest BCUT2D eigenvalue weighted by Gasteiger charge is -2.44. The molecule has 1 spiro atoms. The van der Waals surface area contributed by atoms with Crippen LogP contribution in [0.4, 0.5) is 0 Å². The van der Waals surface area contributed by atoms with E-state index in [1.165, 1.54) is 11.3 Å². The number of rotatable bonds is 5. The Morgan fingerprint density at radius 2 is 2.21 bits per heavy atom. The third-order valence-corrected chi connectivity index (χ3v) is 6.41. The lowest BCUT2D eigenvalue weighted by molar-refractivity contribution is -0.0639. The van der Waals surface area contributed by atoms with Gasteiger partial charge in [-0.1, -0.05) is 31.6 Å². The smallest absolute Gasteiger partial charge is 0.271 e. The summed E-state index contributed by atoms with van der Waals surface area (Å²) >= 11 is 1.49. The molecule has 1 aromatic carbocycles. The third kappa shape index (κ3) is 4.54. The van der Waals surface area contributed by atoms with E-state index in [4.69, 9.17) is 9.47 Å². The van der Waals surface area contributed by atoms with Gasteiger partial charge in [-0.2, -0.15) is 0 Å². The molecule has 29 heavy (non-hydrogen) atoms. The van der Waals surface area contributed by atoms with Crippen LogP contribution in [0, 0.1) is 6.92 Å². The summed E-state index contributed by atoms with van der Waals surface area (Å²) in [7, 11) is 0. The second kappa shape index (κ2) is 8.67. The highest BCUT2D eigenvalue weighted by atomic mass is 32.1. The maximum Gasteiger partial charge on any atom is 0.271 e. The van der Waals surface area contributed by atoms with Crippen molar-refractivity contribution in [2.24, 2.45) is 0 Å². The highest BCUT2D eigenvalue weighted by molar-refractivity contribution is 7.09. The van der Waals surface area contributed by atoms with E-state index in [1.807, 2.05) is 18.4 Å². The summed E-state index contributed by atoms with van der Waals surface area (Å²) in [5, 5.41) is 5.94. The highest BCUT2D eigenvalue weighted by Gasteiger charge is 2.43. The number of carbonyl (C=O) groups excluding carboxylic acids is 1. The number of ether oxygens (including phenoxy) is 2. The average molecular weight is 413 g/mol. The van der Waals surface area contributed by atoms with E-state index < -0.39 is 0 Å². The molecule has 154 valence electrons. The van der Waals surface area contributed by atoms with Gasteiger partial charge in [0.15, 0.2) is 0 Å². The molecule has 0 bridgehead atoms. The van der Waals surface area contributed by atoms with Crippen LogP contribution in [0.5, 0.6) is 5.75 Å². The fourth-order valence-electron chi connectivity index (χ4n) is 4.06. The molecular formula is C23H28N2O3S. The summed E-state index contributed by atoms with van der Waals surface area (Å²) in [5.74, 6) is 0.742. The van der Waals surface area contributed by atoms with Crippen molar-refractivity contribution in [3.8, 4) is 5.75 Å². The van der Waals surface area contributed by atoms with Gasteiger partial charge < -0.3 is 14.8 Å². The second-order valence-electron chi connectivity index (χ2n) is 7.87. The maximum absolute atomic E-state index is 12.9. The fraction of sp³-hybridized carbons (Fsp3) is 0.478. The first-order valence-electron chi connectivity index (χ1n) is 10.4. The van der Waals surface area contributed by atoms with Gasteiger partial charge in [-0.3, -0.25) is 4.79 Å². The number of hydrogen-bond donors (Lipinski definition) is 1. The minimum atomic E-state index is -0.277. The molecule has 2 aliphatic rings. The average Bonchev–Trinajstić information content (AvgIpc) is 3.16. The summed E-state index contributed by atoms with van der Waals surface area (Å²) in [6.45, 7) is 5.47. The molecule has 0 aliphatic carbocycles. The number of allylic oxidation sites excluding steroid dienone is 1. The van der Waals surface area contributed by atoms with Gasteiger partial charge in [0.05, 0.1) is 24.3 Å². The van der Waals surface area contributed by atoms with E-state index in [0.717, 1.165) is 54.0 Å². The minimum absolute atomic E-state index is 0.106. The summed E-state index contributed by atoms with van der Waals surface area (Å²) in [4.78, 5) is 17.2. The quantitative estimate of drug-likeness (QED) is 0.745. The summed E-state index contributed by atoms with van der Waals surface area (Å²) in [6.07, 6.45) is 8.95. The van der Waals surface area contributed by atoms with Crippen molar-refractivity contribution in [3.63, 3.8) is 0 Å². The van der Waals surface area contributed by atoms with Crippen molar-refractivity contribution in [1.82, 2.24) is 10.3 Å². The molecule has 1 unspecified atom stereocenters. The van der Waals surface area contributed by atoms with Gasteiger partial charge in [-0.25, -0.2) is 4.98 Å². The zero-order valence-electron chi connectivity index (χ0n) is 17.1. The molecule has 1 saturated heterocycles. The lowest BCUT2D eigenvalue weighted by Crippen LogP contribution is -2.48. The number of amides is 1. The van der Waals surface area contributed by atoms with E-state index >= 15 is 0 Å². The first-order valence-corrected chi connectivity index (χ1v) is 11.3. The van der Waals surface area contributed by atoms with Crippen molar-refractivity contribution in [2.75, 3.05) is 13.2 Å². The Morgan fingerprint density at radius 3 is 2.93 bits per heavy atom. The molecule has 2 aromatic rings. The van der Waals surface area contributed by atoms with Crippen LogP contribution in [0.15, 0.2) is 29.7 Å². The zero-order valence-corrected chi connectivity index (χ0v) is 17.9. The molecule has 0 radical (unpaired) electrons. The fourth-order valence-corrected chi connectivity index (χ4v) is 4.65. The van der Waals surface area contributed by atoms with Crippen molar-refractivity contribution in [1.29, 1.82) is 0 Å². The molecule has 6 heteroatoms. The van der Waals surface area contributed by atoms with Gasteiger partial charge in [0, 0.05) is 30.2 Å². The van der Waals surface area contributed by atoms with Crippen molar-refractivity contribution in [2.45, 2.75) is 57.6 Å². The second-order valence-corrected chi connectivity index (χ2v) is 8.93. The van der Waals surface area contributed by atoms with Crippen LogP contribution in [-0.2, 0) is 4.74 Å². The highest BCUT2D eigenvalue weighted by Crippen LogP contribution is 2.44. The summed E-state index contributed by atoms with van der Waals surface area (Å²) in [6, 6.07) is 6.17. The third-order valence-electron chi connectivity index (χ3n) is 5.64. The Kier molecular flexibility index (Phi) is 6.01. The number of nitrogens with one attached hydrogen (secondary N) is 1. The van der Waals surface area contributed by atoms with Crippen LogP contribution < -0.4 is 10.1 Å². The number of unbranched alkanes of at least 4 members (excludes halogenated alkanes) is 1. The number of benzene rings is 1. The Labute approximate surface area is 176 Å². The molecule has 2 aliphatic heterocycles. The number of thiazole rings is 1. The molecule has 3 heterocycles. The number of aromatic nitrogens is 1. The standard InChI is InChI=1S/C23H28N2O3S/c1-3-4-5-6-17-7-8-21-18(13-17)19(14-23(28-21)9-11-27-12-10-23)25-22(26)20-15-29-16(2)24-20/h5-8,13,15,19H,3-4,9-12,14H2,1-2H3,(H,25,26)/b6-5+. The molecule has 1 amide bonds. The largest absolute Gasteiger partial charge is 0.487 e. The molecule has 1 fully saturated rings. The van der Waals surface area contributed by atoms with Gasteiger partial charge in [0.1, 0.15) is 17.0 Å². The number of hydrogen-bond acceptors (Lipinski definition) is 5. The molecule has 1 atom stereocenters. The van der Waals surface area contributed by atoms with Gasteiger partial charge in [-0.15, -0.1) is 11.3 Å². The molecule has 1 N–H and O–H groups in total. The zero-order chi connectivity index (χ0) is 20.3. The minimum Gasteiger partial charge on any atom is -0.487 e. The molecule has 1 aromatic heterocycles. The Balaban J connectivity index is 1.63. The first kappa shape index (κ1) is 20.1. The van der Waals surface area contributed by atoms with Gasteiger partial charge >= 0.3 is 0 Å². The number of nitrogens with zero attached hydrogens (tertiary/aromatic N) is 1. The van der Waals surface area contributed by atoms with Crippen molar-refractivity contribution >= 4 is 23.3 Å². The van der Waals surface area contributed by atoms with E-state index in [2.05, 4.69) is 41.5 Å². The summed E-state index contributed by atoms with van der Waals surface area (Å²) in [5.41, 5.74) is 2.38. The molecule has 0 saturated carbocycles. The van der Waals surface area contributed by atoms with E-state index in [0.29, 0.717) is 18.9 Å². The van der Waals surface area contributed by atoms with E-state index in [1.54, 1.807) is 0 Å². The van der Waals surface area contributed by atoms with Crippen molar-refractivity contribution < 1.29 is 14.3 Å². The van der Waals surface area contributed by atoms with E-state index in [9.17, 15) is 4.79 Å². The van der Waals surface area contributed by atoms with Crippen LogP contribution in [0.1, 0.15) is 71.7 Å². The number of carbonyl (C=O) groups is 1. The number of aryl methyl sites for hydroxylation is 1. The topological polar surface area (TPSA) is 60.5 Å². The van der Waals surface area contributed by atoms with E-state index in [-0.39, 0.29) is 17.6 Å². The van der Waals surface area contributed by atoms with Gasteiger partial charge in [-0.05, 0) is 31.0 Å². The SMILES string of the molecule is CCC/C=C/c1ccc2c(c1)C(NC(=O)c1csc(C)n1)CC1(CCOCC1)O2. The Morgan fingerprint density at radius 1 is 1.38 bits per heavy atom. The normalized spacial score (nSPS) is 20.4. The predicted octanol–water partition coefficient (Wildman–Crippen LogP) is 5.07. The lowest BCUT2D eigenvalue weighted by atomic mass is 9.81. The monoisotopic (exact) mass is 412 g/mol. The Hall–Kier alpha value is -2.18. The van der Waals surface area contributed by atoms with Crippen LogP contribution >= 0.6 is 11.3 Å². The first-order chi connectivity index (χ1) is 14.1. The van der Waals surface area contributed by atoms with Crippen molar-refractivity contribution in [3.05, 3.63) is 51.5 Å². The number of fused-ring (bicyclic) bond motifs is 1. The van der Waals surface area contributed by atoms with Crippen LogP contribution in [0.3, 0.4) is 0 Å². The van der Waals surface area contributed by atoms with Gasteiger partial charge in [0.25, 0.3) is 5.91 Å². The summed E-state index contributed by atoms with van der Waals surface area (Å²) < 4.78 is 12.1. The van der Waals surface area contributed by atoms with Crippen LogP contribution in [0.25, 0.3) is 6.08 Å². The molecular weight excluding hydrogens is 384 g/mol. The maximum atomic E-state index is 12.9. The van der Waals surface area contributed by atoms with Crippen LogP contribution in [-0.4, -0.2) is 29.7 Å². The van der Waals surface area contributed by atoms with Crippen LogP contribution in [0.2, 0.25) is 0 Å². The predicted molar refractivity (Wildman–Crippen MR) is 115 cm³/mol. The van der Waals surface area contributed by atoms with Gasteiger partial charge in [0.2, 0.25) is 0 Å². The Bertz CT molecular complexity index is 899.